The highest BCUT2D eigenvalue weighted by molar-refractivity contribution is 6.33. The van der Waals surface area contributed by atoms with E-state index in [0.29, 0.717) is 22.3 Å². The van der Waals surface area contributed by atoms with Crippen molar-refractivity contribution in [1.29, 1.82) is 0 Å². The molecule has 0 radical (unpaired) electrons. The molecular formula is C25H22N2O4. The van der Waals surface area contributed by atoms with Gasteiger partial charge in [0.05, 0.1) is 5.92 Å². The molecule has 1 aliphatic rings. The van der Waals surface area contributed by atoms with E-state index in [0.717, 1.165) is 5.69 Å². The Kier molecular flexibility index (Phi) is 5.15. The second-order valence-corrected chi connectivity index (χ2v) is 7.93. The Morgan fingerprint density at radius 2 is 1.35 bits per heavy atom. The molecule has 0 bridgehead atoms. The van der Waals surface area contributed by atoms with Crippen molar-refractivity contribution in [3.05, 3.63) is 111 Å². The monoisotopic (exact) mass is 414 g/mol. The van der Waals surface area contributed by atoms with Crippen LogP contribution >= 0.6 is 0 Å². The van der Waals surface area contributed by atoms with Gasteiger partial charge in [-0.05, 0) is 23.3 Å². The van der Waals surface area contributed by atoms with Gasteiger partial charge < -0.3 is 4.90 Å². The molecule has 3 aromatic carbocycles. The lowest BCUT2D eigenvalue weighted by Gasteiger charge is -2.33. The number of hydrogen-bond donors (Lipinski definition) is 0. The summed E-state index contributed by atoms with van der Waals surface area (Å²) in [5, 5.41) is 11.7. The molecule has 1 atom stereocenters. The van der Waals surface area contributed by atoms with E-state index in [2.05, 4.69) is 0 Å². The van der Waals surface area contributed by atoms with Gasteiger partial charge in [-0.1, -0.05) is 66.7 Å². The third-order valence-corrected chi connectivity index (χ3v) is 6.03. The minimum atomic E-state index is -1.68. The number of fused-ring (bicyclic) bond motifs is 1. The Morgan fingerprint density at radius 3 is 1.84 bits per heavy atom. The molecule has 1 aliphatic carbocycles. The zero-order chi connectivity index (χ0) is 22.2. The molecule has 0 amide bonds. The predicted octanol–water partition coefficient (Wildman–Crippen LogP) is 4.13. The molecule has 0 aliphatic heterocycles. The van der Waals surface area contributed by atoms with E-state index < -0.39 is 22.8 Å². The Labute approximate surface area is 180 Å². The van der Waals surface area contributed by atoms with Gasteiger partial charge in [-0.25, -0.2) is 0 Å². The number of carbonyl (C=O) groups excluding carboxylic acids is 2. The maximum atomic E-state index is 13.8. The van der Waals surface area contributed by atoms with Gasteiger partial charge in [0.1, 0.15) is 5.41 Å². The molecule has 0 heterocycles. The van der Waals surface area contributed by atoms with Crippen LogP contribution in [0.15, 0.2) is 78.9 Å². The van der Waals surface area contributed by atoms with Gasteiger partial charge in [0, 0.05) is 35.8 Å². The van der Waals surface area contributed by atoms with Gasteiger partial charge in [0.25, 0.3) is 0 Å². The Hall–Kier alpha value is -3.80. The molecule has 31 heavy (non-hydrogen) atoms. The van der Waals surface area contributed by atoms with Crippen LogP contribution in [0.25, 0.3) is 0 Å². The minimum Gasteiger partial charge on any atom is -0.378 e. The van der Waals surface area contributed by atoms with E-state index in [1.54, 1.807) is 66.7 Å². The number of ketones is 2. The highest BCUT2D eigenvalue weighted by Gasteiger charge is 2.60. The van der Waals surface area contributed by atoms with Crippen LogP contribution < -0.4 is 4.90 Å². The summed E-state index contributed by atoms with van der Waals surface area (Å²) in [5.74, 6) is -1.72. The van der Waals surface area contributed by atoms with Crippen LogP contribution in [0.1, 0.15) is 37.8 Å². The first kappa shape index (κ1) is 20.5. The van der Waals surface area contributed by atoms with Gasteiger partial charge in [0.2, 0.25) is 6.54 Å². The third kappa shape index (κ3) is 3.20. The maximum absolute atomic E-state index is 13.8. The summed E-state index contributed by atoms with van der Waals surface area (Å²) >= 11 is 0. The molecule has 0 spiro atoms. The number of benzene rings is 3. The van der Waals surface area contributed by atoms with Crippen molar-refractivity contribution in [1.82, 2.24) is 0 Å². The molecule has 0 aromatic heterocycles. The SMILES string of the molecule is CN(C)c1ccc([C@H](C[N+](=O)[O-])C2(c3ccccc3)C(=O)c3ccccc3C2=O)cc1. The van der Waals surface area contributed by atoms with Crippen molar-refractivity contribution >= 4 is 17.3 Å². The molecule has 0 saturated heterocycles. The van der Waals surface area contributed by atoms with Gasteiger partial charge in [0.15, 0.2) is 11.6 Å². The fourth-order valence-electron chi connectivity index (χ4n) is 4.53. The van der Waals surface area contributed by atoms with Gasteiger partial charge in [-0.2, -0.15) is 0 Å². The molecule has 0 saturated carbocycles. The standard InChI is InChI=1S/C25H22N2O4/c1-26(2)19-14-12-17(13-15-19)22(16-27(30)31)25(18-8-4-3-5-9-18)23(28)20-10-6-7-11-21(20)24(25)29/h3-15,22H,16H2,1-2H3/t22-/m0/s1. The third-order valence-electron chi connectivity index (χ3n) is 6.03. The van der Waals surface area contributed by atoms with E-state index >= 15 is 0 Å². The van der Waals surface area contributed by atoms with Gasteiger partial charge in [-0.15, -0.1) is 0 Å². The number of nitro groups is 1. The summed E-state index contributed by atoms with van der Waals surface area (Å²) in [5.41, 5.74) is 0.928. The first-order valence-corrected chi connectivity index (χ1v) is 10.0. The molecule has 3 aromatic rings. The Bertz CT molecular complexity index is 1120. The topological polar surface area (TPSA) is 80.5 Å². The minimum absolute atomic E-state index is 0.314. The Morgan fingerprint density at radius 1 is 0.839 bits per heavy atom. The number of rotatable bonds is 6. The molecule has 0 fully saturated rings. The summed E-state index contributed by atoms with van der Waals surface area (Å²) in [7, 11) is 3.80. The van der Waals surface area contributed by atoms with Crippen LogP contribution in [-0.2, 0) is 5.41 Å². The van der Waals surface area contributed by atoms with Crippen LogP contribution in [0.3, 0.4) is 0 Å². The number of anilines is 1. The molecule has 6 nitrogen and oxygen atoms in total. The van der Waals surface area contributed by atoms with Crippen molar-refractivity contribution in [2.45, 2.75) is 11.3 Å². The second kappa shape index (κ2) is 7.80. The summed E-state index contributed by atoms with van der Waals surface area (Å²) in [6.07, 6.45) is 0. The number of Topliss-reactive ketones (excluding diaryl/α,β-unsaturated/α-hetero) is 2. The lowest BCUT2D eigenvalue weighted by molar-refractivity contribution is -0.484. The first-order valence-electron chi connectivity index (χ1n) is 10.0. The largest absolute Gasteiger partial charge is 0.378 e. The average molecular weight is 414 g/mol. The van der Waals surface area contributed by atoms with Crippen molar-refractivity contribution < 1.29 is 14.5 Å². The first-order chi connectivity index (χ1) is 14.9. The quantitative estimate of drug-likeness (QED) is 0.344. The molecular weight excluding hydrogens is 392 g/mol. The summed E-state index contributed by atoms with van der Waals surface area (Å²) in [6.45, 7) is -0.540. The fraction of sp³-hybridized carbons (Fsp3) is 0.200. The summed E-state index contributed by atoms with van der Waals surface area (Å²) in [4.78, 5) is 40.9. The smallest absolute Gasteiger partial charge is 0.212 e. The summed E-state index contributed by atoms with van der Waals surface area (Å²) in [6, 6.07) is 22.6. The van der Waals surface area contributed by atoms with E-state index in [4.69, 9.17) is 0 Å². The highest BCUT2D eigenvalue weighted by Crippen LogP contribution is 2.49. The van der Waals surface area contributed by atoms with Crippen molar-refractivity contribution in [2.24, 2.45) is 0 Å². The molecule has 156 valence electrons. The van der Waals surface area contributed by atoms with Crippen LogP contribution in [-0.4, -0.2) is 37.1 Å². The average Bonchev–Trinajstić information content (AvgIpc) is 3.01. The number of nitrogens with zero attached hydrogens (tertiary/aromatic N) is 2. The van der Waals surface area contributed by atoms with E-state index in [9.17, 15) is 19.7 Å². The molecule has 0 unspecified atom stereocenters. The zero-order valence-electron chi connectivity index (χ0n) is 17.3. The van der Waals surface area contributed by atoms with E-state index in [1.807, 2.05) is 31.1 Å². The number of carbonyl (C=O) groups is 2. The maximum Gasteiger partial charge on any atom is 0.212 e. The second-order valence-electron chi connectivity index (χ2n) is 7.93. The fourth-order valence-corrected chi connectivity index (χ4v) is 4.53. The normalized spacial score (nSPS) is 15.4. The van der Waals surface area contributed by atoms with Gasteiger partial charge in [-0.3, -0.25) is 19.7 Å². The zero-order valence-corrected chi connectivity index (χ0v) is 17.3. The van der Waals surface area contributed by atoms with Crippen LogP contribution in [0, 0.1) is 10.1 Å². The highest BCUT2D eigenvalue weighted by atomic mass is 16.6. The number of hydrogen-bond acceptors (Lipinski definition) is 5. The van der Waals surface area contributed by atoms with Crippen molar-refractivity contribution in [3.63, 3.8) is 0 Å². The van der Waals surface area contributed by atoms with Gasteiger partial charge >= 0.3 is 0 Å². The van der Waals surface area contributed by atoms with Crippen molar-refractivity contribution in [3.8, 4) is 0 Å². The summed E-state index contributed by atoms with van der Waals surface area (Å²) < 4.78 is 0. The van der Waals surface area contributed by atoms with Crippen LogP contribution in [0.2, 0.25) is 0 Å². The van der Waals surface area contributed by atoms with Crippen LogP contribution in [0.5, 0.6) is 0 Å². The van der Waals surface area contributed by atoms with Crippen LogP contribution in [0.4, 0.5) is 5.69 Å². The van der Waals surface area contributed by atoms with Crippen molar-refractivity contribution in [2.75, 3.05) is 25.5 Å². The lowest BCUT2D eigenvalue weighted by atomic mass is 9.64. The van der Waals surface area contributed by atoms with E-state index in [1.165, 1.54) is 0 Å². The van der Waals surface area contributed by atoms with E-state index in [-0.39, 0.29) is 11.6 Å². The Balaban J connectivity index is 1.98. The molecule has 0 N–H and O–H groups in total. The predicted molar refractivity (Wildman–Crippen MR) is 119 cm³/mol. The molecule has 4 rings (SSSR count). The molecule has 6 heteroatoms. The lowest BCUT2D eigenvalue weighted by Crippen LogP contribution is -2.46.